The van der Waals surface area contributed by atoms with Crippen molar-refractivity contribution >= 4 is 5.91 Å². The second-order valence-electron chi connectivity index (χ2n) is 6.03. The Balaban J connectivity index is 1.62. The van der Waals surface area contributed by atoms with E-state index < -0.39 is 12.2 Å². The van der Waals surface area contributed by atoms with Crippen LogP contribution in [0.5, 0.6) is 0 Å². The molecule has 21 heavy (non-hydrogen) atoms. The molecule has 116 valence electrons. The van der Waals surface area contributed by atoms with Crippen molar-refractivity contribution in [2.75, 3.05) is 0 Å². The van der Waals surface area contributed by atoms with Gasteiger partial charge in [0.05, 0.1) is 18.1 Å². The van der Waals surface area contributed by atoms with Gasteiger partial charge in [-0.15, -0.1) is 0 Å². The zero-order valence-electron chi connectivity index (χ0n) is 12.0. The number of aliphatic hydroxyl groups is 2. The van der Waals surface area contributed by atoms with Crippen LogP contribution in [-0.4, -0.2) is 49.1 Å². The minimum Gasteiger partial charge on any atom is -0.390 e. The molecule has 1 saturated carbocycles. The van der Waals surface area contributed by atoms with Gasteiger partial charge in [0.25, 0.3) is 0 Å². The molecule has 3 rings (SSSR count). The number of aryl methyl sites for hydroxylation is 1. The Morgan fingerprint density at radius 2 is 1.90 bits per heavy atom. The number of nitrogens with zero attached hydrogens (tertiary/aromatic N) is 3. The van der Waals surface area contributed by atoms with Crippen molar-refractivity contribution in [1.82, 2.24) is 20.1 Å². The molecular formula is C14H22N4O3. The summed E-state index contributed by atoms with van der Waals surface area (Å²) in [6, 6.07) is 0.0163. The van der Waals surface area contributed by atoms with Crippen molar-refractivity contribution in [1.29, 1.82) is 0 Å². The first-order valence-corrected chi connectivity index (χ1v) is 7.69. The first kappa shape index (κ1) is 14.5. The van der Waals surface area contributed by atoms with E-state index in [1.54, 1.807) is 4.68 Å². The number of nitrogens with one attached hydrogen (secondary N) is 1. The minimum absolute atomic E-state index is 0.0140. The molecule has 7 nitrogen and oxygen atoms in total. The lowest BCUT2D eigenvalue weighted by molar-refractivity contribution is -0.124. The van der Waals surface area contributed by atoms with Crippen LogP contribution in [-0.2, 0) is 11.3 Å². The molecule has 4 atom stereocenters. The van der Waals surface area contributed by atoms with E-state index in [0.29, 0.717) is 25.7 Å². The van der Waals surface area contributed by atoms with Crippen LogP contribution in [0, 0.1) is 0 Å². The lowest BCUT2D eigenvalue weighted by Gasteiger charge is -2.24. The Labute approximate surface area is 123 Å². The molecule has 0 aromatic carbocycles. The van der Waals surface area contributed by atoms with E-state index in [2.05, 4.69) is 15.4 Å². The molecule has 2 unspecified atom stereocenters. The van der Waals surface area contributed by atoms with E-state index in [1.165, 1.54) is 6.33 Å². The Morgan fingerprint density at radius 1 is 1.19 bits per heavy atom. The predicted molar refractivity (Wildman–Crippen MR) is 74.4 cm³/mol. The van der Waals surface area contributed by atoms with Gasteiger partial charge in [-0.05, 0) is 38.5 Å². The molecule has 0 saturated heterocycles. The van der Waals surface area contributed by atoms with E-state index in [-0.39, 0.29) is 17.9 Å². The number of rotatable bonds is 2. The largest absolute Gasteiger partial charge is 0.390 e. The number of carbonyl (C=O) groups is 1. The first-order valence-electron chi connectivity index (χ1n) is 7.69. The van der Waals surface area contributed by atoms with Crippen molar-refractivity contribution in [3.05, 3.63) is 12.2 Å². The van der Waals surface area contributed by atoms with Crippen LogP contribution >= 0.6 is 0 Å². The molecule has 1 aromatic rings. The standard InChI is InChI=1S/C14H22N4O3/c19-11-5-3-9(4-6-12(11)20)17-14(21)10-2-1-7-18-13(10)15-8-16-18/h8-12,19-20H,1-7H2,(H,17,21)/t9?,10?,11-,12+. The lowest BCUT2D eigenvalue weighted by atomic mass is 9.97. The van der Waals surface area contributed by atoms with E-state index in [9.17, 15) is 15.0 Å². The average molecular weight is 294 g/mol. The van der Waals surface area contributed by atoms with Crippen LogP contribution in [0.3, 0.4) is 0 Å². The fourth-order valence-electron chi connectivity index (χ4n) is 3.26. The SMILES string of the molecule is O=C(NC1CC[C@@H](O)[C@@H](O)CC1)C1CCCn2ncnc21. The summed E-state index contributed by atoms with van der Waals surface area (Å²) >= 11 is 0. The van der Waals surface area contributed by atoms with Crippen LogP contribution in [0.4, 0.5) is 0 Å². The number of hydrogen-bond acceptors (Lipinski definition) is 5. The maximum Gasteiger partial charge on any atom is 0.231 e. The zero-order chi connectivity index (χ0) is 14.8. The van der Waals surface area contributed by atoms with Crippen LogP contribution < -0.4 is 5.32 Å². The van der Waals surface area contributed by atoms with Crippen molar-refractivity contribution in [2.45, 2.75) is 69.2 Å². The number of hydrogen-bond donors (Lipinski definition) is 3. The van der Waals surface area contributed by atoms with Gasteiger partial charge in [0.15, 0.2) is 0 Å². The summed E-state index contributed by atoms with van der Waals surface area (Å²) < 4.78 is 1.80. The summed E-state index contributed by atoms with van der Waals surface area (Å²) in [7, 11) is 0. The molecule has 0 bridgehead atoms. The highest BCUT2D eigenvalue weighted by Gasteiger charge is 2.31. The smallest absolute Gasteiger partial charge is 0.231 e. The van der Waals surface area contributed by atoms with Gasteiger partial charge in [-0.1, -0.05) is 0 Å². The first-order chi connectivity index (χ1) is 10.1. The van der Waals surface area contributed by atoms with Gasteiger partial charge < -0.3 is 15.5 Å². The summed E-state index contributed by atoms with van der Waals surface area (Å²) in [5.41, 5.74) is 0. The summed E-state index contributed by atoms with van der Waals surface area (Å²) in [4.78, 5) is 16.7. The van der Waals surface area contributed by atoms with Gasteiger partial charge in [0.1, 0.15) is 12.2 Å². The van der Waals surface area contributed by atoms with E-state index in [4.69, 9.17) is 0 Å². The molecule has 2 heterocycles. The molecule has 3 N–H and O–H groups in total. The molecule has 1 amide bonds. The van der Waals surface area contributed by atoms with Gasteiger partial charge >= 0.3 is 0 Å². The van der Waals surface area contributed by atoms with Crippen LogP contribution in [0.15, 0.2) is 6.33 Å². The van der Waals surface area contributed by atoms with Crippen LogP contribution in [0.25, 0.3) is 0 Å². The molecule has 1 aliphatic carbocycles. The highest BCUT2D eigenvalue weighted by Crippen LogP contribution is 2.26. The molecule has 1 aliphatic heterocycles. The monoisotopic (exact) mass is 294 g/mol. The molecule has 7 heteroatoms. The number of aliphatic hydroxyl groups excluding tert-OH is 2. The fraction of sp³-hybridized carbons (Fsp3) is 0.786. The quantitative estimate of drug-likeness (QED) is 0.663. The van der Waals surface area contributed by atoms with Gasteiger partial charge in [0, 0.05) is 12.6 Å². The third kappa shape index (κ3) is 3.08. The third-order valence-corrected chi connectivity index (χ3v) is 4.55. The Morgan fingerprint density at radius 3 is 2.62 bits per heavy atom. The lowest BCUT2D eigenvalue weighted by Crippen LogP contribution is -2.39. The number of fused-ring (bicyclic) bond motifs is 1. The maximum absolute atomic E-state index is 12.5. The van der Waals surface area contributed by atoms with Crippen molar-refractivity contribution in [3.8, 4) is 0 Å². The molecule has 0 radical (unpaired) electrons. The number of carbonyl (C=O) groups excluding carboxylic acids is 1. The van der Waals surface area contributed by atoms with Crippen molar-refractivity contribution in [2.24, 2.45) is 0 Å². The minimum atomic E-state index is -0.676. The fourth-order valence-corrected chi connectivity index (χ4v) is 3.26. The molecule has 0 spiro atoms. The summed E-state index contributed by atoms with van der Waals surface area (Å²) in [6.07, 6.45) is 4.31. The Hall–Kier alpha value is -1.47. The summed E-state index contributed by atoms with van der Waals surface area (Å²) in [5, 5.41) is 26.5. The normalized spacial score (nSPS) is 33.0. The molecule has 2 aliphatic rings. The van der Waals surface area contributed by atoms with Gasteiger partial charge in [-0.25, -0.2) is 9.67 Å². The topological polar surface area (TPSA) is 100 Å². The van der Waals surface area contributed by atoms with E-state index in [1.807, 2.05) is 0 Å². The van der Waals surface area contributed by atoms with Crippen molar-refractivity contribution in [3.63, 3.8) is 0 Å². The van der Waals surface area contributed by atoms with Gasteiger partial charge in [-0.3, -0.25) is 4.79 Å². The molecule has 1 aromatic heterocycles. The molecule has 1 fully saturated rings. The Bertz CT molecular complexity index is 492. The highest BCUT2D eigenvalue weighted by atomic mass is 16.3. The van der Waals surface area contributed by atoms with Crippen molar-refractivity contribution < 1.29 is 15.0 Å². The maximum atomic E-state index is 12.5. The Kier molecular flexibility index (Phi) is 4.21. The second-order valence-corrected chi connectivity index (χ2v) is 6.03. The van der Waals surface area contributed by atoms with E-state index in [0.717, 1.165) is 25.2 Å². The summed E-state index contributed by atoms with van der Waals surface area (Å²) in [5.74, 6) is 0.492. The summed E-state index contributed by atoms with van der Waals surface area (Å²) in [6.45, 7) is 0.820. The van der Waals surface area contributed by atoms with E-state index >= 15 is 0 Å². The average Bonchev–Trinajstić information content (AvgIpc) is 2.91. The second kappa shape index (κ2) is 6.11. The van der Waals surface area contributed by atoms with Gasteiger partial charge in [-0.2, -0.15) is 5.10 Å². The molecular weight excluding hydrogens is 272 g/mol. The third-order valence-electron chi connectivity index (χ3n) is 4.55. The van der Waals surface area contributed by atoms with Gasteiger partial charge in [0.2, 0.25) is 5.91 Å². The number of aromatic nitrogens is 3. The van der Waals surface area contributed by atoms with Crippen LogP contribution in [0.1, 0.15) is 50.3 Å². The predicted octanol–water partition coefficient (Wildman–Crippen LogP) is -0.0639. The van der Waals surface area contributed by atoms with Crippen LogP contribution in [0.2, 0.25) is 0 Å². The number of amides is 1. The highest BCUT2D eigenvalue weighted by molar-refractivity contribution is 5.83. The zero-order valence-corrected chi connectivity index (χ0v) is 12.0.